The van der Waals surface area contributed by atoms with E-state index in [9.17, 15) is 9.90 Å². The van der Waals surface area contributed by atoms with Crippen molar-refractivity contribution in [3.8, 4) is 0 Å². The smallest absolute Gasteiger partial charge is 0.356 e. The van der Waals surface area contributed by atoms with Gasteiger partial charge in [-0.25, -0.2) is 4.79 Å². The molecule has 1 aromatic rings. The molecule has 6 nitrogen and oxygen atoms in total. The molecule has 0 saturated heterocycles. The number of aliphatic hydroxyl groups excluding tert-OH is 1. The van der Waals surface area contributed by atoms with Crippen LogP contribution in [0.15, 0.2) is 58.3 Å². The molecule has 0 aliphatic heterocycles. The highest BCUT2D eigenvalue weighted by molar-refractivity contribution is 7.98. The summed E-state index contributed by atoms with van der Waals surface area (Å²) in [6, 6.07) is 9.58. The summed E-state index contributed by atoms with van der Waals surface area (Å²) in [6.07, 6.45) is 2.04. The maximum atomic E-state index is 12.1. The molecule has 0 unspecified atom stereocenters. The Kier molecular flexibility index (Phi) is 8.89. The van der Waals surface area contributed by atoms with Crippen molar-refractivity contribution in [2.24, 2.45) is 16.6 Å². The van der Waals surface area contributed by atoms with E-state index in [1.165, 1.54) is 12.7 Å². The van der Waals surface area contributed by atoms with Gasteiger partial charge < -0.3 is 20.9 Å². The van der Waals surface area contributed by atoms with E-state index in [0.717, 1.165) is 18.6 Å². The van der Waals surface area contributed by atoms with Crippen molar-refractivity contribution in [2.75, 3.05) is 19.5 Å². The summed E-state index contributed by atoms with van der Waals surface area (Å²) >= 11 is 7.93. The molecule has 4 N–H and O–H groups in total. The molecule has 0 heterocycles. The fourth-order valence-corrected chi connectivity index (χ4v) is 3.56. The summed E-state index contributed by atoms with van der Waals surface area (Å²) in [7, 11) is 1.26. The summed E-state index contributed by atoms with van der Waals surface area (Å²) < 4.78 is 4.78. The van der Waals surface area contributed by atoms with Crippen LogP contribution in [0.2, 0.25) is 0 Å². The van der Waals surface area contributed by atoms with E-state index in [2.05, 4.69) is 16.9 Å². The number of rotatable bonds is 11. The molecule has 0 bridgehead atoms. The van der Waals surface area contributed by atoms with Gasteiger partial charge >= 0.3 is 5.97 Å². The summed E-state index contributed by atoms with van der Waals surface area (Å²) in [5, 5.41) is 12.5. The van der Waals surface area contributed by atoms with Crippen molar-refractivity contribution < 1.29 is 14.6 Å². The highest BCUT2D eigenvalue weighted by Gasteiger charge is 2.28. The number of aliphatic imine (C=N–C) groups is 1. The van der Waals surface area contributed by atoms with Crippen LogP contribution in [0.1, 0.15) is 18.4 Å². The fourth-order valence-electron chi connectivity index (χ4n) is 2.39. The van der Waals surface area contributed by atoms with E-state index in [-0.39, 0.29) is 23.2 Å². The number of thioether (sulfide) groups is 1. The van der Waals surface area contributed by atoms with Crippen molar-refractivity contribution in [3.63, 3.8) is 0 Å². The lowest BCUT2D eigenvalue weighted by Crippen LogP contribution is -2.28. The van der Waals surface area contributed by atoms with Gasteiger partial charge in [0.2, 0.25) is 0 Å². The summed E-state index contributed by atoms with van der Waals surface area (Å²) in [4.78, 5) is 16.4. The molecule has 1 aliphatic carbocycles. The number of nitrogens with one attached hydrogen (secondary N) is 1. The Bertz CT molecular complexity index is 748. The van der Waals surface area contributed by atoms with Crippen LogP contribution in [0, 0.1) is 5.92 Å². The van der Waals surface area contributed by atoms with E-state index in [1.54, 1.807) is 11.8 Å². The molecule has 0 spiro atoms. The van der Waals surface area contributed by atoms with Crippen LogP contribution >= 0.6 is 23.4 Å². The second-order valence-corrected chi connectivity index (χ2v) is 7.86. The molecule has 1 atom stereocenters. The van der Waals surface area contributed by atoms with Gasteiger partial charge in [0, 0.05) is 17.2 Å². The lowest BCUT2D eigenvalue weighted by Gasteiger charge is -2.15. The van der Waals surface area contributed by atoms with E-state index in [1.807, 2.05) is 30.3 Å². The second kappa shape index (κ2) is 11.1. The first kappa shape index (κ1) is 22.3. The highest BCUT2D eigenvalue weighted by Crippen LogP contribution is 2.34. The Morgan fingerprint density at radius 1 is 1.46 bits per heavy atom. The Balaban J connectivity index is 2.04. The molecule has 2 rings (SSSR count). The van der Waals surface area contributed by atoms with Gasteiger partial charge in [0.25, 0.3) is 0 Å². The summed E-state index contributed by atoms with van der Waals surface area (Å²) in [6.45, 7) is 3.75. The number of carbonyl (C=O) groups is 1. The van der Waals surface area contributed by atoms with Crippen molar-refractivity contribution in [1.29, 1.82) is 0 Å². The summed E-state index contributed by atoms with van der Waals surface area (Å²) in [5.41, 5.74) is 7.90. The Hall–Kier alpha value is -1.96. The topological polar surface area (TPSA) is 96.9 Å². The van der Waals surface area contributed by atoms with Crippen molar-refractivity contribution in [2.45, 2.75) is 24.6 Å². The average Bonchev–Trinajstić information content (AvgIpc) is 3.56. The zero-order valence-electron chi connectivity index (χ0n) is 15.9. The van der Waals surface area contributed by atoms with Gasteiger partial charge in [-0.05, 0) is 24.3 Å². The minimum atomic E-state index is -0.649. The van der Waals surface area contributed by atoms with Crippen molar-refractivity contribution >= 4 is 35.2 Å². The number of amidine groups is 1. The lowest BCUT2D eigenvalue weighted by atomic mass is 10.2. The van der Waals surface area contributed by atoms with Gasteiger partial charge in [-0.15, -0.1) is 0 Å². The predicted molar refractivity (Wildman–Crippen MR) is 115 cm³/mol. The molecular weight excluding hydrogens is 398 g/mol. The number of aliphatic hydroxyl groups is 1. The van der Waals surface area contributed by atoms with Crippen molar-refractivity contribution in [1.82, 2.24) is 5.32 Å². The molecule has 8 heteroatoms. The molecular formula is C20H26ClN3O3S. The number of nitrogens with zero attached hydrogens (tertiary/aromatic N) is 1. The number of hydrogen-bond donors (Lipinski definition) is 3. The molecule has 0 aromatic heterocycles. The zero-order valence-corrected chi connectivity index (χ0v) is 17.4. The van der Waals surface area contributed by atoms with E-state index < -0.39 is 12.0 Å². The number of halogens is 1. The fraction of sp³-hybridized carbons (Fsp3) is 0.400. The van der Waals surface area contributed by atoms with E-state index in [4.69, 9.17) is 22.1 Å². The first-order valence-electron chi connectivity index (χ1n) is 8.96. The van der Waals surface area contributed by atoms with Gasteiger partial charge in [0.05, 0.1) is 19.8 Å². The number of nitrogens with two attached hydrogens (primary N) is 1. The Morgan fingerprint density at radius 2 is 2.14 bits per heavy atom. The molecule has 152 valence electrons. The molecule has 1 aromatic carbocycles. The van der Waals surface area contributed by atoms with Crippen LogP contribution in [-0.4, -0.2) is 42.4 Å². The number of allylic oxidation sites excluding steroid dienone is 1. The number of carbonyl (C=O) groups excluding carboxylic acids is 1. The minimum Gasteiger partial charge on any atom is -0.464 e. The third kappa shape index (κ3) is 6.89. The monoisotopic (exact) mass is 423 g/mol. The minimum absolute atomic E-state index is 0.0101. The number of benzene rings is 1. The maximum absolute atomic E-state index is 12.1. The summed E-state index contributed by atoms with van der Waals surface area (Å²) in [5.74, 6) is 1.00. The average molecular weight is 424 g/mol. The number of hydrogen-bond acceptors (Lipinski definition) is 6. The zero-order chi connectivity index (χ0) is 20.5. The van der Waals surface area contributed by atoms with Crippen LogP contribution in [-0.2, 0) is 15.3 Å². The normalized spacial score (nSPS) is 16.2. The van der Waals surface area contributed by atoms with E-state index >= 15 is 0 Å². The van der Waals surface area contributed by atoms with Crippen molar-refractivity contribution in [3.05, 3.63) is 58.9 Å². The van der Waals surface area contributed by atoms with Crippen LogP contribution < -0.4 is 11.1 Å². The van der Waals surface area contributed by atoms with Gasteiger partial charge in [-0.2, -0.15) is 11.8 Å². The van der Waals surface area contributed by atoms with Crippen LogP contribution in [0.5, 0.6) is 0 Å². The number of esters is 1. The molecule has 1 saturated carbocycles. The third-order valence-corrected chi connectivity index (χ3v) is 5.68. The van der Waals surface area contributed by atoms with Crippen LogP contribution in [0.25, 0.3) is 0 Å². The first-order valence-corrected chi connectivity index (χ1v) is 10.5. The molecule has 1 aliphatic rings. The Labute approximate surface area is 174 Å². The standard InChI is InChI=1S/C20H26ClN3O3S/c1-13(15-8-9-15)23-18(20(26)27-2)17(21)19(22)24-16(10-25)12-28-11-14-6-4-3-5-7-14/h3-7,15-16,23,25H,1,8-12H2,2H3,(H2,22,24)/t16-/m1/s1. The molecule has 28 heavy (non-hydrogen) atoms. The largest absolute Gasteiger partial charge is 0.464 e. The lowest BCUT2D eigenvalue weighted by molar-refractivity contribution is -0.136. The number of methoxy groups -OCH3 is 1. The number of ether oxygens (including phenoxy) is 1. The Morgan fingerprint density at radius 3 is 2.71 bits per heavy atom. The second-order valence-electron chi connectivity index (χ2n) is 6.46. The third-order valence-electron chi connectivity index (χ3n) is 4.14. The van der Waals surface area contributed by atoms with E-state index in [0.29, 0.717) is 17.4 Å². The first-order chi connectivity index (χ1) is 13.5. The van der Waals surface area contributed by atoms with Gasteiger partial charge in [0.15, 0.2) is 0 Å². The van der Waals surface area contributed by atoms with Crippen LogP contribution in [0.4, 0.5) is 0 Å². The van der Waals surface area contributed by atoms with Gasteiger partial charge in [-0.1, -0.05) is 48.5 Å². The van der Waals surface area contributed by atoms with Crippen LogP contribution in [0.3, 0.4) is 0 Å². The molecule has 1 fully saturated rings. The quantitative estimate of drug-likeness (QED) is 0.219. The molecule has 0 radical (unpaired) electrons. The maximum Gasteiger partial charge on any atom is 0.356 e. The SMILES string of the molecule is C=C(NC(C(=O)OC)=C(Cl)C(N)=N[C@H](CO)CSCc1ccccc1)C1CC1. The molecule has 0 amide bonds. The highest BCUT2D eigenvalue weighted by atomic mass is 35.5. The predicted octanol–water partition coefficient (Wildman–Crippen LogP) is 2.77. The van der Waals surface area contributed by atoms with Gasteiger partial charge in [-0.3, -0.25) is 4.99 Å². The van der Waals surface area contributed by atoms with Gasteiger partial charge in [0.1, 0.15) is 16.6 Å².